The number of nitrogens with one attached hydrogen (secondary N) is 1. The minimum atomic E-state index is -3.73. The highest BCUT2D eigenvalue weighted by atomic mass is 32.2. The van der Waals surface area contributed by atoms with Gasteiger partial charge in [-0.15, -0.1) is 0 Å². The molecule has 8 nitrogen and oxygen atoms in total. The summed E-state index contributed by atoms with van der Waals surface area (Å²) in [5.74, 6) is -0.460. The van der Waals surface area contributed by atoms with Crippen LogP contribution in [0.2, 0.25) is 0 Å². The van der Waals surface area contributed by atoms with E-state index < -0.39 is 21.4 Å². The van der Waals surface area contributed by atoms with Gasteiger partial charge in [-0.05, 0) is 31.5 Å². The number of sulfonamides is 1. The van der Waals surface area contributed by atoms with Crippen molar-refractivity contribution in [3.8, 4) is 0 Å². The predicted molar refractivity (Wildman–Crippen MR) is 106 cm³/mol. The van der Waals surface area contributed by atoms with Crippen molar-refractivity contribution in [3.05, 3.63) is 40.2 Å². The van der Waals surface area contributed by atoms with Crippen molar-refractivity contribution < 1.29 is 17.9 Å². The van der Waals surface area contributed by atoms with Crippen LogP contribution in [0, 0.1) is 0 Å². The number of rotatable bonds is 5. The lowest BCUT2D eigenvalue weighted by Crippen LogP contribution is -2.40. The van der Waals surface area contributed by atoms with Crippen LogP contribution in [0.15, 0.2) is 34.1 Å². The van der Waals surface area contributed by atoms with Crippen LogP contribution < -0.4 is 10.7 Å². The van der Waals surface area contributed by atoms with Gasteiger partial charge in [0.25, 0.3) is 5.91 Å². The van der Waals surface area contributed by atoms with Gasteiger partial charge in [-0.25, -0.2) is 8.42 Å². The first-order chi connectivity index (χ1) is 13.3. The van der Waals surface area contributed by atoms with Crippen LogP contribution in [0.3, 0.4) is 0 Å². The third-order valence-electron chi connectivity index (χ3n) is 5.00. The normalized spacial score (nSPS) is 16.8. The zero-order chi connectivity index (χ0) is 20.5. The van der Waals surface area contributed by atoms with Gasteiger partial charge in [-0.3, -0.25) is 9.59 Å². The average molecular weight is 407 g/mol. The van der Waals surface area contributed by atoms with E-state index in [-0.39, 0.29) is 35.0 Å². The number of hydrogen-bond donors (Lipinski definition) is 1. The minimum absolute atomic E-state index is 0.00350. The van der Waals surface area contributed by atoms with E-state index in [1.54, 1.807) is 17.7 Å². The summed E-state index contributed by atoms with van der Waals surface area (Å²) in [5.41, 5.74) is 0.0789. The smallest absolute Gasteiger partial charge is 0.256 e. The van der Waals surface area contributed by atoms with Crippen LogP contribution in [0.1, 0.15) is 30.6 Å². The van der Waals surface area contributed by atoms with Crippen LogP contribution in [0.5, 0.6) is 0 Å². The van der Waals surface area contributed by atoms with E-state index in [2.05, 4.69) is 5.32 Å². The Morgan fingerprint density at radius 1 is 1.29 bits per heavy atom. The Balaban J connectivity index is 2.09. The molecule has 28 heavy (non-hydrogen) atoms. The largest absolute Gasteiger partial charge is 0.379 e. The number of hydrogen-bond acceptors (Lipinski definition) is 5. The molecule has 1 N–H and O–H groups in total. The molecule has 1 aliphatic rings. The van der Waals surface area contributed by atoms with Gasteiger partial charge in [0, 0.05) is 37.8 Å². The molecule has 0 saturated carbocycles. The van der Waals surface area contributed by atoms with Crippen molar-refractivity contribution in [3.63, 3.8) is 0 Å². The van der Waals surface area contributed by atoms with E-state index in [1.807, 2.05) is 13.8 Å². The molecule has 0 radical (unpaired) electrons. The van der Waals surface area contributed by atoms with Gasteiger partial charge < -0.3 is 14.6 Å². The van der Waals surface area contributed by atoms with E-state index in [1.165, 1.54) is 22.6 Å². The maximum absolute atomic E-state index is 12.9. The van der Waals surface area contributed by atoms with Gasteiger partial charge in [-0.2, -0.15) is 4.31 Å². The minimum Gasteiger partial charge on any atom is -0.379 e. The summed E-state index contributed by atoms with van der Waals surface area (Å²) >= 11 is 0. The molecule has 1 fully saturated rings. The Kier molecular flexibility index (Phi) is 5.87. The van der Waals surface area contributed by atoms with Crippen molar-refractivity contribution >= 4 is 26.8 Å². The molecule has 9 heteroatoms. The van der Waals surface area contributed by atoms with Gasteiger partial charge in [0.05, 0.1) is 23.6 Å². The predicted octanol–water partition coefficient (Wildman–Crippen LogP) is 1.09. The quantitative estimate of drug-likeness (QED) is 0.800. The van der Waals surface area contributed by atoms with Crippen molar-refractivity contribution in [1.29, 1.82) is 0 Å². The molecule has 1 aromatic carbocycles. The number of carbonyl (C=O) groups excluding carboxylic acids is 1. The Labute approximate surface area is 164 Å². The molecule has 0 aliphatic carbocycles. The van der Waals surface area contributed by atoms with Gasteiger partial charge in [0.1, 0.15) is 5.56 Å². The van der Waals surface area contributed by atoms with Crippen LogP contribution in [0.4, 0.5) is 0 Å². The number of morpholine rings is 1. The lowest BCUT2D eigenvalue weighted by atomic mass is 10.1. The molecule has 3 rings (SSSR count). The fourth-order valence-corrected chi connectivity index (χ4v) is 4.57. The Hall–Kier alpha value is -2.23. The number of fused-ring (bicyclic) bond motifs is 1. The van der Waals surface area contributed by atoms with Crippen LogP contribution in [0.25, 0.3) is 10.9 Å². The summed E-state index contributed by atoms with van der Waals surface area (Å²) in [6, 6.07) is 4.38. The molecule has 2 heterocycles. The standard InChI is InChI=1S/C19H25N3O5S/c1-4-13(2)20-19(24)16-12-21(3)17-6-5-14(11-15(17)18(16)23)28(25,26)22-7-9-27-10-8-22/h5-6,11-13H,4,7-10H2,1-3H3,(H,20,24). The van der Waals surface area contributed by atoms with Crippen LogP contribution in [-0.4, -0.2) is 55.5 Å². The summed E-state index contributed by atoms with van der Waals surface area (Å²) in [6.45, 7) is 5.02. The zero-order valence-corrected chi connectivity index (χ0v) is 17.1. The summed E-state index contributed by atoms with van der Waals surface area (Å²) in [7, 11) is -2.01. The third-order valence-corrected chi connectivity index (χ3v) is 6.90. The van der Waals surface area contributed by atoms with Gasteiger partial charge in [-0.1, -0.05) is 6.92 Å². The number of benzene rings is 1. The zero-order valence-electron chi connectivity index (χ0n) is 16.3. The van der Waals surface area contributed by atoms with E-state index >= 15 is 0 Å². The van der Waals surface area contributed by atoms with Gasteiger partial charge in [0.15, 0.2) is 0 Å². The van der Waals surface area contributed by atoms with E-state index in [9.17, 15) is 18.0 Å². The fourth-order valence-electron chi connectivity index (χ4n) is 3.13. The summed E-state index contributed by atoms with van der Waals surface area (Å²) < 4.78 is 34.0. The molecule has 0 bridgehead atoms. The second kappa shape index (κ2) is 8.02. The van der Waals surface area contributed by atoms with E-state index in [4.69, 9.17) is 4.74 Å². The molecule has 152 valence electrons. The van der Waals surface area contributed by atoms with E-state index in [0.717, 1.165) is 6.42 Å². The van der Waals surface area contributed by atoms with Crippen molar-refractivity contribution in [2.24, 2.45) is 7.05 Å². The maximum atomic E-state index is 12.9. The number of amides is 1. The highest BCUT2D eigenvalue weighted by molar-refractivity contribution is 7.89. The second-order valence-corrected chi connectivity index (χ2v) is 8.90. The van der Waals surface area contributed by atoms with Crippen molar-refractivity contribution in [2.75, 3.05) is 26.3 Å². The number of pyridine rings is 1. The molecule has 1 saturated heterocycles. The summed E-state index contributed by atoms with van der Waals surface area (Å²) in [6.07, 6.45) is 2.22. The number of aromatic nitrogens is 1. The number of carbonyl (C=O) groups is 1. The molecule has 1 aliphatic heterocycles. The highest BCUT2D eigenvalue weighted by Gasteiger charge is 2.27. The monoisotopic (exact) mass is 407 g/mol. The van der Waals surface area contributed by atoms with Crippen LogP contribution >= 0.6 is 0 Å². The molecule has 1 atom stereocenters. The first kappa shape index (κ1) is 20.5. The van der Waals surface area contributed by atoms with Gasteiger partial charge >= 0.3 is 0 Å². The SMILES string of the molecule is CCC(C)NC(=O)c1cn(C)c2ccc(S(=O)(=O)N3CCOCC3)cc2c1=O. The molecule has 2 aromatic rings. The summed E-state index contributed by atoms with van der Waals surface area (Å²) in [4.78, 5) is 25.5. The van der Waals surface area contributed by atoms with Gasteiger partial charge in [0.2, 0.25) is 15.5 Å². The van der Waals surface area contributed by atoms with Crippen molar-refractivity contribution in [1.82, 2.24) is 14.2 Å². The molecule has 1 amide bonds. The Morgan fingerprint density at radius 3 is 2.61 bits per heavy atom. The number of ether oxygens (including phenoxy) is 1. The maximum Gasteiger partial charge on any atom is 0.256 e. The molecule has 1 aromatic heterocycles. The molecular weight excluding hydrogens is 382 g/mol. The average Bonchev–Trinajstić information content (AvgIpc) is 2.70. The van der Waals surface area contributed by atoms with Crippen LogP contribution in [-0.2, 0) is 21.8 Å². The Morgan fingerprint density at radius 2 is 1.96 bits per heavy atom. The second-order valence-electron chi connectivity index (χ2n) is 6.96. The molecule has 0 spiro atoms. The third kappa shape index (κ3) is 3.82. The molecular formula is C19H25N3O5S. The lowest BCUT2D eigenvalue weighted by Gasteiger charge is -2.26. The number of aryl methyl sites for hydroxylation is 1. The fraction of sp³-hybridized carbons (Fsp3) is 0.474. The summed E-state index contributed by atoms with van der Waals surface area (Å²) in [5, 5.41) is 2.98. The topological polar surface area (TPSA) is 97.7 Å². The molecule has 1 unspecified atom stereocenters. The Bertz CT molecular complexity index is 1060. The van der Waals surface area contributed by atoms with E-state index in [0.29, 0.717) is 18.7 Å². The first-order valence-electron chi connectivity index (χ1n) is 9.28. The lowest BCUT2D eigenvalue weighted by molar-refractivity contribution is 0.0730. The first-order valence-corrected chi connectivity index (χ1v) is 10.7. The number of nitrogens with zero attached hydrogens (tertiary/aromatic N) is 2. The highest BCUT2D eigenvalue weighted by Crippen LogP contribution is 2.21. The van der Waals surface area contributed by atoms with Crippen molar-refractivity contribution in [2.45, 2.75) is 31.2 Å².